The highest BCUT2D eigenvalue weighted by Crippen LogP contribution is 2.34. The molecule has 0 aliphatic heterocycles. The molecule has 1 atom stereocenters. The van der Waals surface area contributed by atoms with Crippen molar-refractivity contribution in [1.82, 2.24) is 24.9 Å². The molecule has 2 aromatic carbocycles. The zero-order valence-electron chi connectivity index (χ0n) is 19.9. The number of nitrogens with zero attached hydrogens (tertiary/aromatic N) is 4. The van der Waals surface area contributed by atoms with Crippen LogP contribution in [0.1, 0.15) is 22.7 Å². The molecule has 188 valence electrons. The number of carbonyl (C=O) groups excluding carboxylic acids is 1. The summed E-state index contributed by atoms with van der Waals surface area (Å²) in [6, 6.07) is 11.6. The number of nitrogens with one attached hydrogen (secondary N) is 2. The summed E-state index contributed by atoms with van der Waals surface area (Å²) in [5.41, 5.74) is 2.92. The van der Waals surface area contributed by atoms with Crippen LogP contribution in [0.3, 0.4) is 0 Å². The van der Waals surface area contributed by atoms with Crippen molar-refractivity contribution in [2.24, 2.45) is 7.05 Å². The molecule has 2 amide bonds. The molecule has 36 heavy (non-hydrogen) atoms. The van der Waals surface area contributed by atoms with Gasteiger partial charge in [-0.2, -0.15) is 23.4 Å². The number of carbonyl (C=O) groups is 1. The Labute approximate surface area is 205 Å². The lowest BCUT2D eigenvalue weighted by Crippen LogP contribution is -2.40. The second kappa shape index (κ2) is 10.2. The van der Waals surface area contributed by atoms with E-state index in [9.17, 15) is 18.0 Å². The van der Waals surface area contributed by atoms with Crippen LogP contribution in [0.4, 0.5) is 23.8 Å². The van der Waals surface area contributed by atoms with E-state index in [4.69, 9.17) is 4.74 Å². The molecular weight excluding hydrogens is 473 g/mol. The summed E-state index contributed by atoms with van der Waals surface area (Å²) in [6.07, 6.45) is -1.33. The minimum absolute atomic E-state index is 0.100. The van der Waals surface area contributed by atoms with Crippen molar-refractivity contribution >= 4 is 11.8 Å². The molecule has 0 saturated heterocycles. The molecule has 2 N–H and O–H groups in total. The van der Waals surface area contributed by atoms with Gasteiger partial charge in [-0.05, 0) is 30.2 Å². The number of ether oxygens (including phenoxy) is 1. The predicted octanol–water partition coefficient (Wildman–Crippen LogP) is 5.15. The quantitative estimate of drug-likeness (QED) is 0.369. The number of anilines is 1. The Morgan fingerprint density at radius 3 is 2.53 bits per heavy atom. The molecule has 0 aliphatic carbocycles. The van der Waals surface area contributed by atoms with Gasteiger partial charge in [0.1, 0.15) is 11.5 Å². The number of aromatic nitrogens is 4. The molecule has 11 heteroatoms. The Kier molecular flexibility index (Phi) is 7.11. The van der Waals surface area contributed by atoms with E-state index < -0.39 is 18.2 Å². The Hall–Kier alpha value is -4.12. The largest absolute Gasteiger partial charge is 0.412 e. The van der Waals surface area contributed by atoms with E-state index in [-0.39, 0.29) is 18.0 Å². The van der Waals surface area contributed by atoms with Crippen LogP contribution in [0.5, 0.6) is 0 Å². The zero-order chi connectivity index (χ0) is 25.9. The van der Waals surface area contributed by atoms with Crippen LogP contribution in [0.2, 0.25) is 0 Å². The summed E-state index contributed by atoms with van der Waals surface area (Å²) >= 11 is 0. The summed E-state index contributed by atoms with van der Waals surface area (Å²) in [7, 11) is 3.22. The lowest BCUT2D eigenvalue weighted by molar-refractivity contribution is -0.154. The van der Waals surface area contributed by atoms with Crippen molar-refractivity contribution in [1.29, 1.82) is 0 Å². The number of rotatable bonds is 7. The van der Waals surface area contributed by atoms with E-state index in [1.807, 2.05) is 6.07 Å². The van der Waals surface area contributed by atoms with E-state index in [1.165, 1.54) is 30.0 Å². The van der Waals surface area contributed by atoms with Crippen LogP contribution in [0.15, 0.2) is 67.0 Å². The van der Waals surface area contributed by atoms with Gasteiger partial charge in [0, 0.05) is 31.5 Å². The van der Waals surface area contributed by atoms with Crippen LogP contribution < -0.4 is 10.6 Å². The molecule has 0 saturated carbocycles. The van der Waals surface area contributed by atoms with Crippen molar-refractivity contribution in [2.45, 2.75) is 25.7 Å². The summed E-state index contributed by atoms with van der Waals surface area (Å²) in [5.74, 6) is 0.242. The predicted molar refractivity (Wildman–Crippen MR) is 129 cm³/mol. The summed E-state index contributed by atoms with van der Waals surface area (Å²) in [5, 5.41) is 13.4. The number of urea groups is 1. The molecule has 4 rings (SSSR count). The lowest BCUT2D eigenvalue weighted by Gasteiger charge is -2.23. The monoisotopic (exact) mass is 498 g/mol. The summed E-state index contributed by atoms with van der Waals surface area (Å²) in [4.78, 5) is 12.9. The SMILES string of the molecule is COCc1cccc(C(NC(=O)Nc2c(C)c(-c3cnn(C)c3)nn2-c2ccccc2)C(F)(F)F)c1. The fourth-order valence-corrected chi connectivity index (χ4v) is 3.87. The highest BCUT2D eigenvalue weighted by atomic mass is 19.4. The van der Waals surface area contributed by atoms with Gasteiger partial charge < -0.3 is 10.1 Å². The molecule has 0 spiro atoms. The highest BCUT2D eigenvalue weighted by molar-refractivity contribution is 5.91. The number of alkyl halides is 3. The average Bonchev–Trinajstić information content (AvgIpc) is 3.41. The van der Waals surface area contributed by atoms with Gasteiger partial charge in [0.25, 0.3) is 0 Å². The van der Waals surface area contributed by atoms with E-state index in [1.54, 1.807) is 61.4 Å². The van der Waals surface area contributed by atoms with Gasteiger partial charge in [-0.1, -0.05) is 42.5 Å². The fourth-order valence-electron chi connectivity index (χ4n) is 3.87. The molecule has 4 aromatic rings. The maximum absolute atomic E-state index is 14.0. The van der Waals surface area contributed by atoms with Gasteiger partial charge in [0.15, 0.2) is 6.04 Å². The molecule has 2 aromatic heterocycles. The number of methoxy groups -OCH3 is 1. The number of aryl methyl sites for hydroxylation is 1. The fraction of sp³-hybridized carbons (Fsp3) is 0.240. The van der Waals surface area contributed by atoms with Gasteiger partial charge in [0.05, 0.1) is 18.5 Å². The number of para-hydroxylation sites is 1. The smallest absolute Gasteiger partial charge is 0.380 e. The minimum Gasteiger partial charge on any atom is -0.380 e. The number of amides is 2. The van der Waals surface area contributed by atoms with Gasteiger partial charge in [-0.3, -0.25) is 10.00 Å². The van der Waals surface area contributed by atoms with Gasteiger partial charge in [0.2, 0.25) is 0 Å². The first kappa shape index (κ1) is 25.0. The van der Waals surface area contributed by atoms with E-state index in [0.717, 1.165) is 0 Å². The number of hydrogen-bond donors (Lipinski definition) is 2. The van der Waals surface area contributed by atoms with Crippen LogP contribution in [-0.4, -0.2) is 38.9 Å². The standard InChI is InChI=1S/C25H25F3N6O2/c1-16-21(19-13-29-33(2)14-19)32-34(20-10-5-4-6-11-20)23(16)31-24(35)30-22(25(26,27)28)18-9-7-8-17(12-18)15-36-3/h4-14,22H,15H2,1-3H3,(H2,30,31,35). The second-order valence-corrected chi connectivity index (χ2v) is 8.22. The highest BCUT2D eigenvalue weighted by Gasteiger charge is 2.42. The number of halogens is 3. The van der Waals surface area contributed by atoms with Crippen LogP contribution >= 0.6 is 0 Å². The molecular formula is C25H25F3N6O2. The normalized spacial score (nSPS) is 12.4. The first-order valence-corrected chi connectivity index (χ1v) is 11.0. The lowest BCUT2D eigenvalue weighted by atomic mass is 10.0. The van der Waals surface area contributed by atoms with Gasteiger partial charge >= 0.3 is 12.2 Å². The summed E-state index contributed by atoms with van der Waals surface area (Å²) in [6.45, 7) is 1.89. The maximum Gasteiger partial charge on any atom is 0.412 e. The van der Waals surface area contributed by atoms with Crippen LogP contribution in [-0.2, 0) is 18.4 Å². The number of hydrogen-bond acceptors (Lipinski definition) is 4. The molecule has 0 aliphatic rings. The minimum atomic E-state index is -4.72. The Bertz CT molecular complexity index is 1350. The first-order valence-electron chi connectivity index (χ1n) is 11.0. The van der Waals surface area contributed by atoms with Gasteiger partial charge in [-0.15, -0.1) is 0 Å². The van der Waals surface area contributed by atoms with Crippen molar-refractivity contribution in [2.75, 3.05) is 12.4 Å². The first-order chi connectivity index (χ1) is 17.2. The molecule has 8 nitrogen and oxygen atoms in total. The topological polar surface area (TPSA) is 86.0 Å². The Morgan fingerprint density at radius 2 is 1.89 bits per heavy atom. The molecule has 0 bridgehead atoms. The van der Waals surface area contributed by atoms with Crippen molar-refractivity contribution < 1.29 is 22.7 Å². The van der Waals surface area contributed by atoms with Crippen molar-refractivity contribution in [3.8, 4) is 16.9 Å². The molecule has 0 fully saturated rings. The molecule has 1 unspecified atom stereocenters. The summed E-state index contributed by atoms with van der Waals surface area (Å²) < 4.78 is 50.0. The second-order valence-electron chi connectivity index (χ2n) is 8.22. The molecule has 2 heterocycles. The maximum atomic E-state index is 14.0. The van der Waals surface area contributed by atoms with Crippen LogP contribution in [0.25, 0.3) is 16.9 Å². The zero-order valence-corrected chi connectivity index (χ0v) is 19.9. The van der Waals surface area contributed by atoms with E-state index in [2.05, 4.69) is 20.8 Å². The van der Waals surface area contributed by atoms with E-state index >= 15 is 0 Å². The van der Waals surface area contributed by atoms with Gasteiger partial charge in [-0.25, -0.2) is 9.48 Å². The van der Waals surface area contributed by atoms with Crippen molar-refractivity contribution in [3.63, 3.8) is 0 Å². The molecule has 0 radical (unpaired) electrons. The van der Waals surface area contributed by atoms with E-state index in [0.29, 0.717) is 28.1 Å². The Balaban J connectivity index is 1.67. The van der Waals surface area contributed by atoms with Crippen molar-refractivity contribution in [3.05, 3.63) is 83.7 Å². The number of benzene rings is 2. The third-order valence-corrected chi connectivity index (χ3v) is 5.53. The Morgan fingerprint density at radius 1 is 1.14 bits per heavy atom. The van der Waals surface area contributed by atoms with Crippen LogP contribution in [0, 0.1) is 6.92 Å². The third kappa shape index (κ3) is 5.41. The average molecular weight is 499 g/mol. The third-order valence-electron chi connectivity index (χ3n) is 5.53.